The van der Waals surface area contributed by atoms with E-state index in [4.69, 9.17) is 0 Å². The van der Waals surface area contributed by atoms with Crippen LogP contribution >= 0.6 is 11.8 Å². The van der Waals surface area contributed by atoms with Gasteiger partial charge in [0.2, 0.25) is 5.91 Å². The Kier molecular flexibility index (Phi) is 5.51. The summed E-state index contributed by atoms with van der Waals surface area (Å²) in [5, 5.41) is 12.5. The van der Waals surface area contributed by atoms with E-state index in [1.165, 1.54) is 0 Å². The Morgan fingerprint density at radius 3 is 2.65 bits per heavy atom. The number of benzene rings is 1. The third-order valence-electron chi connectivity index (χ3n) is 2.55. The highest BCUT2D eigenvalue weighted by atomic mass is 32.2. The van der Waals surface area contributed by atoms with Crippen molar-refractivity contribution < 1.29 is 9.90 Å². The van der Waals surface area contributed by atoms with Gasteiger partial charge in [-0.1, -0.05) is 26.0 Å². The largest absolute Gasteiger partial charge is 0.392 e. The third kappa shape index (κ3) is 4.40. The summed E-state index contributed by atoms with van der Waals surface area (Å²) in [4.78, 5) is 12.7. The first-order valence-electron chi connectivity index (χ1n) is 5.65. The summed E-state index contributed by atoms with van der Waals surface area (Å²) >= 11 is 1.59. The number of aliphatic hydroxyl groups excluding tert-OH is 1. The molecular weight excluding hydrogens is 234 g/mol. The summed E-state index contributed by atoms with van der Waals surface area (Å²) in [6, 6.07) is 7.64. The van der Waals surface area contributed by atoms with E-state index in [0.717, 1.165) is 10.6 Å². The number of rotatable bonds is 5. The molecule has 1 aromatic carbocycles. The van der Waals surface area contributed by atoms with E-state index in [0.29, 0.717) is 0 Å². The van der Waals surface area contributed by atoms with Crippen LogP contribution in [0.25, 0.3) is 0 Å². The van der Waals surface area contributed by atoms with Gasteiger partial charge in [-0.15, -0.1) is 11.8 Å². The first-order valence-corrected chi connectivity index (χ1v) is 6.88. The summed E-state index contributed by atoms with van der Waals surface area (Å²) in [7, 11) is 0. The molecule has 0 spiro atoms. The summed E-state index contributed by atoms with van der Waals surface area (Å²) < 4.78 is 0. The molecule has 94 valence electrons. The van der Waals surface area contributed by atoms with E-state index in [1.807, 2.05) is 44.4 Å². The van der Waals surface area contributed by atoms with Crippen LogP contribution in [0.3, 0.4) is 0 Å². The number of carbonyl (C=O) groups is 1. The Balaban J connectivity index is 2.62. The first-order chi connectivity index (χ1) is 8.04. The van der Waals surface area contributed by atoms with Gasteiger partial charge in [-0.3, -0.25) is 4.79 Å². The fraction of sp³-hybridized carbons (Fsp3) is 0.462. The lowest BCUT2D eigenvalue weighted by Crippen LogP contribution is -2.23. The number of nitrogens with one attached hydrogen (secondary N) is 1. The molecule has 0 saturated carbocycles. The molecule has 1 rings (SSSR count). The standard InChI is InChI=1S/C13H19NO2S/c1-9(2)11(15)8-13(16)14-10-6-4-5-7-12(10)17-3/h4-7,9,11,15H,8H2,1-3H3,(H,14,16). The van der Waals surface area contributed by atoms with E-state index in [9.17, 15) is 9.90 Å². The minimum absolute atomic E-state index is 0.0940. The molecule has 0 radical (unpaired) electrons. The molecule has 0 heterocycles. The predicted molar refractivity (Wildman–Crippen MR) is 72.3 cm³/mol. The van der Waals surface area contributed by atoms with Crippen LogP contribution in [0, 0.1) is 5.92 Å². The number of aliphatic hydroxyl groups is 1. The summed E-state index contributed by atoms with van der Waals surface area (Å²) in [6.07, 6.45) is 1.52. The van der Waals surface area contributed by atoms with E-state index >= 15 is 0 Å². The number of hydrogen-bond donors (Lipinski definition) is 2. The van der Waals surface area contributed by atoms with Gasteiger partial charge in [-0.2, -0.15) is 0 Å². The quantitative estimate of drug-likeness (QED) is 0.793. The zero-order valence-electron chi connectivity index (χ0n) is 10.4. The highest BCUT2D eigenvalue weighted by molar-refractivity contribution is 7.98. The lowest BCUT2D eigenvalue weighted by molar-refractivity contribution is -0.118. The number of para-hydroxylation sites is 1. The van der Waals surface area contributed by atoms with E-state index < -0.39 is 6.10 Å². The third-order valence-corrected chi connectivity index (χ3v) is 3.34. The Labute approximate surface area is 107 Å². The van der Waals surface area contributed by atoms with Crippen LogP contribution in [-0.4, -0.2) is 23.4 Å². The fourth-order valence-electron chi connectivity index (χ4n) is 1.37. The van der Waals surface area contributed by atoms with Gasteiger partial charge in [0.25, 0.3) is 0 Å². The Morgan fingerprint density at radius 2 is 2.06 bits per heavy atom. The smallest absolute Gasteiger partial charge is 0.227 e. The van der Waals surface area contributed by atoms with Gasteiger partial charge in [-0.25, -0.2) is 0 Å². The number of anilines is 1. The molecule has 0 aliphatic heterocycles. The lowest BCUT2D eigenvalue weighted by Gasteiger charge is -2.15. The van der Waals surface area contributed by atoms with Crippen molar-refractivity contribution in [2.45, 2.75) is 31.3 Å². The van der Waals surface area contributed by atoms with E-state index in [1.54, 1.807) is 11.8 Å². The topological polar surface area (TPSA) is 49.3 Å². The van der Waals surface area contributed by atoms with Crippen molar-refractivity contribution in [1.82, 2.24) is 0 Å². The molecule has 1 amide bonds. The Bertz CT molecular complexity index is 379. The summed E-state index contributed by atoms with van der Waals surface area (Å²) in [5.74, 6) is -0.0516. The second-order valence-corrected chi connectivity index (χ2v) is 5.11. The SMILES string of the molecule is CSc1ccccc1NC(=O)CC(O)C(C)C. The van der Waals surface area contributed by atoms with Crippen LogP contribution in [0.15, 0.2) is 29.2 Å². The second kappa shape index (κ2) is 6.67. The first kappa shape index (κ1) is 14.1. The number of thioether (sulfide) groups is 1. The maximum absolute atomic E-state index is 11.7. The molecule has 0 fully saturated rings. The second-order valence-electron chi connectivity index (χ2n) is 4.26. The van der Waals surface area contributed by atoms with Crippen molar-refractivity contribution in [2.75, 3.05) is 11.6 Å². The van der Waals surface area contributed by atoms with Crippen molar-refractivity contribution >= 4 is 23.4 Å². The molecule has 0 bridgehead atoms. The van der Waals surface area contributed by atoms with Crippen LogP contribution in [-0.2, 0) is 4.79 Å². The van der Waals surface area contributed by atoms with Gasteiger partial charge in [0.05, 0.1) is 18.2 Å². The highest BCUT2D eigenvalue weighted by Gasteiger charge is 2.15. The molecule has 1 unspecified atom stereocenters. The Morgan fingerprint density at radius 1 is 1.41 bits per heavy atom. The molecule has 1 atom stereocenters. The zero-order chi connectivity index (χ0) is 12.8. The highest BCUT2D eigenvalue weighted by Crippen LogP contribution is 2.24. The molecular formula is C13H19NO2S. The summed E-state index contributed by atoms with van der Waals surface area (Å²) in [5.41, 5.74) is 0.806. The van der Waals surface area contributed by atoms with Crippen LogP contribution in [0.5, 0.6) is 0 Å². The van der Waals surface area contributed by atoms with Crippen LogP contribution < -0.4 is 5.32 Å². The molecule has 2 N–H and O–H groups in total. The minimum atomic E-state index is -0.587. The van der Waals surface area contributed by atoms with Gasteiger partial charge in [0.15, 0.2) is 0 Å². The van der Waals surface area contributed by atoms with Crippen molar-refractivity contribution in [3.8, 4) is 0 Å². The average Bonchev–Trinajstić information content (AvgIpc) is 2.29. The van der Waals surface area contributed by atoms with Gasteiger partial charge in [-0.05, 0) is 24.3 Å². The van der Waals surface area contributed by atoms with Crippen molar-refractivity contribution in [3.63, 3.8) is 0 Å². The average molecular weight is 253 g/mol. The fourth-order valence-corrected chi connectivity index (χ4v) is 1.93. The lowest BCUT2D eigenvalue weighted by atomic mass is 10.0. The zero-order valence-corrected chi connectivity index (χ0v) is 11.3. The van der Waals surface area contributed by atoms with Gasteiger partial charge >= 0.3 is 0 Å². The Hall–Kier alpha value is -1.00. The van der Waals surface area contributed by atoms with Crippen molar-refractivity contribution in [2.24, 2.45) is 5.92 Å². The normalized spacial score (nSPS) is 12.5. The van der Waals surface area contributed by atoms with Gasteiger partial charge in [0.1, 0.15) is 0 Å². The molecule has 1 aromatic rings. The monoisotopic (exact) mass is 253 g/mol. The van der Waals surface area contributed by atoms with Gasteiger partial charge in [0, 0.05) is 4.90 Å². The van der Waals surface area contributed by atoms with Gasteiger partial charge < -0.3 is 10.4 Å². The van der Waals surface area contributed by atoms with Crippen LogP contribution in [0.4, 0.5) is 5.69 Å². The molecule has 0 aromatic heterocycles. The number of carbonyl (C=O) groups excluding carboxylic acids is 1. The van der Waals surface area contributed by atoms with Crippen molar-refractivity contribution in [1.29, 1.82) is 0 Å². The molecule has 0 aliphatic rings. The molecule has 17 heavy (non-hydrogen) atoms. The van der Waals surface area contributed by atoms with Crippen molar-refractivity contribution in [3.05, 3.63) is 24.3 Å². The maximum atomic E-state index is 11.7. The minimum Gasteiger partial charge on any atom is -0.392 e. The summed E-state index contributed by atoms with van der Waals surface area (Å²) in [6.45, 7) is 3.79. The number of amides is 1. The molecule has 0 saturated heterocycles. The molecule has 0 aliphatic carbocycles. The predicted octanol–water partition coefficient (Wildman–Crippen LogP) is 2.75. The number of hydrogen-bond acceptors (Lipinski definition) is 3. The van der Waals surface area contributed by atoms with E-state index in [2.05, 4.69) is 5.32 Å². The van der Waals surface area contributed by atoms with Crippen LogP contribution in [0.2, 0.25) is 0 Å². The maximum Gasteiger partial charge on any atom is 0.227 e. The van der Waals surface area contributed by atoms with E-state index in [-0.39, 0.29) is 18.2 Å². The molecule has 3 nitrogen and oxygen atoms in total. The van der Waals surface area contributed by atoms with Crippen LogP contribution in [0.1, 0.15) is 20.3 Å². The molecule has 4 heteroatoms.